The molecule has 1 aliphatic rings. The number of nitrogens with zero attached hydrogens (tertiary/aromatic N) is 2. The van der Waals surface area contributed by atoms with Gasteiger partial charge in [-0.2, -0.15) is 0 Å². The number of nitrogens with one attached hydrogen (secondary N) is 1. The van der Waals surface area contributed by atoms with Crippen LogP contribution in [0.15, 0.2) is 23.6 Å². The molecular weight excluding hydrogens is 330 g/mol. The van der Waals surface area contributed by atoms with Gasteiger partial charge in [0, 0.05) is 22.9 Å². The van der Waals surface area contributed by atoms with Gasteiger partial charge in [-0.25, -0.2) is 4.98 Å². The average molecular weight is 350 g/mol. The smallest absolute Gasteiger partial charge is 0.257 e. The molecule has 2 heterocycles. The topological polar surface area (TPSA) is 45.2 Å². The highest BCUT2D eigenvalue weighted by molar-refractivity contribution is 7.09. The molecule has 1 atom stereocenters. The number of fused-ring (bicyclic) bond motifs is 1. The maximum atomic E-state index is 12.9. The van der Waals surface area contributed by atoms with Gasteiger partial charge in [-0.3, -0.25) is 4.79 Å². The number of carbonyl (C=O) groups is 1. The van der Waals surface area contributed by atoms with Crippen LogP contribution in [0.5, 0.6) is 0 Å². The fourth-order valence-electron chi connectivity index (χ4n) is 2.72. The van der Waals surface area contributed by atoms with E-state index in [4.69, 9.17) is 16.6 Å². The van der Waals surface area contributed by atoms with E-state index in [-0.39, 0.29) is 12.1 Å². The number of halogens is 1. The van der Waals surface area contributed by atoms with E-state index in [1.807, 2.05) is 10.3 Å². The molecule has 1 amide bonds. The molecule has 0 unspecified atom stereocenters. The van der Waals surface area contributed by atoms with Crippen LogP contribution in [0, 0.1) is 0 Å². The Balaban J connectivity index is 2.01. The van der Waals surface area contributed by atoms with E-state index in [1.54, 1.807) is 29.5 Å². The minimum absolute atomic E-state index is 0.0290. The molecule has 0 bridgehead atoms. The third-order valence-corrected chi connectivity index (χ3v) is 5.25. The average Bonchev–Trinajstić information content (AvgIpc) is 2.99. The van der Waals surface area contributed by atoms with Crippen LogP contribution >= 0.6 is 22.9 Å². The molecule has 2 aromatic rings. The lowest BCUT2D eigenvalue weighted by molar-refractivity contribution is 0.0680. The SMILES string of the molecule is CCCN1C(=O)c2ccc(Cl)cc2N[C@@H]1c1csc(C(C)C)n1. The number of amides is 1. The van der Waals surface area contributed by atoms with E-state index < -0.39 is 0 Å². The molecule has 4 nitrogen and oxygen atoms in total. The van der Waals surface area contributed by atoms with Crippen LogP contribution in [0.1, 0.15) is 60.3 Å². The summed E-state index contributed by atoms with van der Waals surface area (Å²) in [5.41, 5.74) is 2.34. The molecule has 0 aliphatic carbocycles. The van der Waals surface area contributed by atoms with Crippen molar-refractivity contribution >= 4 is 34.5 Å². The van der Waals surface area contributed by atoms with Crippen LogP contribution in [0.3, 0.4) is 0 Å². The summed E-state index contributed by atoms with van der Waals surface area (Å²) in [5, 5.41) is 7.18. The molecule has 1 aromatic carbocycles. The number of benzene rings is 1. The van der Waals surface area contributed by atoms with E-state index in [9.17, 15) is 4.79 Å². The van der Waals surface area contributed by atoms with Crippen molar-refractivity contribution < 1.29 is 4.79 Å². The summed E-state index contributed by atoms with van der Waals surface area (Å²) in [4.78, 5) is 19.4. The molecule has 23 heavy (non-hydrogen) atoms. The summed E-state index contributed by atoms with van der Waals surface area (Å²) in [6.07, 6.45) is 0.658. The monoisotopic (exact) mass is 349 g/mol. The van der Waals surface area contributed by atoms with Gasteiger partial charge in [0.15, 0.2) is 0 Å². The Hall–Kier alpha value is -1.59. The molecule has 1 N–H and O–H groups in total. The number of anilines is 1. The van der Waals surface area contributed by atoms with Crippen molar-refractivity contribution in [2.75, 3.05) is 11.9 Å². The first kappa shape index (κ1) is 16.3. The van der Waals surface area contributed by atoms with Gasteiger partial charge in [-0.05, 0) is 24.6 Å². The van der Waals surface area contributed by atoms with E-state index in [2.05, 4.69) is 26.1 Å². The number of thiazole rings is 1. The van der Waals surface area contributed by atoms with Gasteiger partial charge in [0.25, 0.3) is 5.91 Å². The summed E-state index contributed by atoms with van der Waals surface area (Å²) in [6, 6.07) is 5.34. The van der Waals surface area contributed by atoms with E-state index in [1.165, 1.54) is 0 Å². The van der Waals surface area contributed by atoms with E-state index in [0.717, 1.165) is 22.8 Å². The Labute approximate surface area is 145 Å². The summed E-state index contributed by atoms with van der Waals surface area (Å²) < 4.78 is 0. The lowest BCUT2D eigenvalue weighted by atomic mass is 10.1. The highest BCUT2D eigenvalue weighted by Gasteiger charge is 2.33. The zero-order chi connectivity index (χ0) is 16.6. The predicted molar refractivity (Wildman–Crippen MR) is 95.3 cm³/mol. The summed E-state index contributed by atoms with van der Waals surface area (Å²) in [6.45, 7) is 7.01. The van der Waals surface area contributed by atoms with Crippen LogP contribution in [0.25, 0.3) is 0 Å². The zero-order valence-corrected chi connectivity index (χ0v) is 15.0. The molecule has 6 heteroatoms. The maximum absolute atomic E-state index is 12.9. The first-order valence-corrected chi connectivity index (χ1v) is 9.09. The standard InChI is InChI=1S/C17H20ClN3OS/c1-4-7-21-15(14-9-23-16(20-14)10(2)3)19-13-8-11(18)5-6-12(13)17(21)22/h5-6,8-10,15,19H,4,7H2,1-3H3/t15-/m0/s1. The van der Waals surface area contributed by atoms with Gasteiger partial charge in [-0.1, -0.05) is 32.4 Å². The fourth-order valence-corrected chi connectivity index (χ4v) is 3.74. The van der Waals surface area contributed by atoms with Crippen LogP contribution < -0.4 is 5.32 Å². The van der Waals surface area contributed by atoms with Gasteiger partial charge in [0.2, 0.25) is 0 Å². The Bertz CT molecular complexity index is 728. The van der Waals surface area contributed by atoms with Gasteiger partial charge < -0.3 is 10.2 Å². The molecule has 0 spiro atoms. The molecule has 1 aromatic heterocycles. The summed E-state index contributed by atoms with van der Waals surface area (Å²) >= 11 is 7.72. The molecule has 3 rings (SSSR count). The lowest BCUT2D eigenvalue weighted by Crippen LogP contribution is -2.43. The van der Waals surface area contributed by atoms with Crippen molar-refractivity contribution in [3.05, 3.63) is 44.9 Å². The molecular formula is C17H20ClN3OS. The molecule has 0 saturated carbocycles. The van der Waals surface area contributed by atoms with Gasteiger partial charge in [0.05, 0.1) is 22.0 Å². The fraction of sp³-hybridized carbons (Fsp3) is 0.412. The number of rotatable bonds is 4. The van der Waals surface area contributed by atoms with E-state index >= 15 is 0 Å². The zero-order valence-electron chi connectivity index (χ0n) is 13.5. The number of hydrogen-bond acceptors (Lipinski definition) is 4. The normalized spacial score (nSPS) is 17.3. The van der Waals surface area contributed by atoms with Crippen molar-refractivity contribution in [3.63, 3.8) is 0 Å². The second-order valence-electron chi connectivity index (χ2n) is 6.00. The van der Waals surface area contributed by atoms with Gasteiger partial charge in [-0.15, -0.1) is 11.3 Å². The lowest BCUT2D eigenvalue weighted by Gasteiger charge is -2.37. The molecule has 0 radical (unpaired) electrons. The second kappa shape index (κ2) is 6.49. The predicted octanol–water partition coefficient (Wildman–Crippen LogP) is 4.90. The van der Waals surface area contributed by atoms with Gasteiger partial charge in [0.1, 0.15) is 6.17 Å². The number of aromatic nitrogens is 1. The maximum Gasteiger partial charge on any atom is 0.257 e. The van der Waals surface area contributed by atoms with Crippen molar-refractivity contribution in [3.8, 4) is 0 Å². The first-order chi connectivity index (χ1) is 11.0. The largest absolute Gasteiger partial charge is 0.359 e. The van der Waals surface area contributed by atoms with Crippen LogP contribution in [-0.2, 0) is 0 Å². The number of hydrogen-bond donors (Lipinski definition) is 1. The van der Waals surface area contributed by atoms with Crippen molar-refractivity contribution in [1.29, 1.82) is 0 Å². The number of carbonyl (C=O) groups excluding carboxylic acids is 1. The third kappa shape index (κ3) is 3.08. The Kier molecular flexibility index (Phi) is 4.60. The molecule has 0 fully saturated rings. The minimum Gasteiger partial charge on any atom is -0.359 e. The highest BCUT2D eigenvalue weighted by atomic mass is 35.5. The molecule has 122 valence electrons. The molecule has 0 saturated heterocycles. The minimum atomic E-state index is -0.239. The Morgan fingerprint density at radius 3 is 2.87 bits per heavy atom. The van der Waals surface area contributed by atoms with Crippen molar-refractivity contribution in [1.82, 2.24) is 9.88 Å². The van der Waals surface area contributed by atoms with Gasteiger partial charge >= 0.3 is 0 Å². The van der Waals surface area contributed by atoms with Crippen LogP contribution in [0.4, 0.5) is 5.69 Å². The molecule has 1 aliphatic heterocycles. The first-order valence-electron chi connectivity index (χ1n) is 7.83. The Morgan fingerprint density at radius 1 is 1.43 bits per heavy atom. The van der Waals surface area contributed by atoms with Crippen molar-refractivity contribution in [2.45, 2.75) is 39.3 Å². The summed E-state index contributed by atoms with van der Waals surface area (Å²) in [7, 11) is 0. The third-order valence-electron chi connectivity index (χ3n) is 3.86. The Morgan fingerprint density at radius 2 is 2.22 bits per heavy atom. The highest BCUT2D eigenvalue weighted by Crippen LogP contribution is 2.35. The summed E-state index contributed by atoms with van der Waals surface area (Å²) in [5.74, 6) is 0.413. The van der Waals surface area contributed by atoms with Crippen LogP contribution in [-0.4, -0.2) is 22.3 Å². The second-order valence-corrected chi connectivity index (χ2v) is 7.33. The van der Waals surface area contributed by atoms with Crippen molar-refractivity contribution in [2.24, 2.45) is 0 Å². The van der Waals surface area contributed by atoms with Crippen LogP contribution in [0.2, 0.25) is 5.02 Å². The quantitative estimate of drug-likeness (QED) is 0.854. The van der Waals surface area contributed by atoms with E-state index in [0.29, 0.717) is 23.0 Å².